The van der Waals surface area contributed by atoms with E-state index in [1.807, 2.05) is 6.92 Å². The van der Waals surface area contributed by atoms with Crippen LogP contribution in [-0.2, 0) is 14.9 Å². The van der Waals surface area contributed by atoms with Gasteiger partial charge in [-0.2, -0.15) is 8.42 Å². The summed E-state index contributed by atoms with van der Waals surface area (Å²) in [6, 6.07) is 0. The molecule has 4 fully saturated rings. The first-order chi connectivity index (χ1) is 17.6. The molecule has 12 atom stereocenters. The van der Waals surface area contributed by atoms with Crippen LogP contribution in [0.2, 0.25) is 0 Å². The number of carbonyl (C=O) groups excluding carboxylic acids is 1. The average Bonchev–Trinajstić information content (AvgIpc) is 3.16. The summed E-state index contributed by atoms with van der Waals surface area (Å²) in [5.41, 5.74) is -0.445. The van der Waals surface area contributed by atoms with Gasteiger partial charge in [0.15, 0.2) is 0 Å². The third kappa shape index (κ3) is 5.21. The van der Waals surface area contributed by atoms with Crippen molar-refractivity contribution in [1.29, 1.82) is 0 Å². The van der Waals surface area contributed by atoms with Gasteiger partial charge in [-0.3, -0.25) is 9.35 Å². The van der Waals surface area contributed by atoms with Gasteiger partial charge in [0.1, 0.15) is 0 Å². The van der Waals surface area contributed by atoms with Crippen molar-refractivity contribution in [2.75, 3.05) is 12.3 Å². The molecule has 4 saturated carbocycles. The molecule has 8 heteroatoms. The van der Waals surface area contributed by atoms with Crippen LogP contribution in [-0.4, -0.2) is 53.1 Å². The first-order valence-corrected chi connectivity index (χ1v) is 16.8. The fourth-order valence-electron chi connectivity index (χ4n) is 10.8. The van der Waals surface area contributed by atoms with Crippen molar-refractivity contribution in [3.05, 3.63) is 0 Å². The summed E-state index contributed by atoms with van der Waals surface area (Å²) >= 11 is 0. The van der Waals surface area contributed by atoms with Crippen LogP contribution >= 0.6 is 0 Å². The highest BCUT2D eigenvalue weighted by Gasteiger charge is 2.68. The van der Waals surface area contributed by atoms with E-state index < -0.39 is 21.5 Å². The second-order valence-corrected chi connectivity index (χ2v) is 16.0. The van der Waals surface area contributed by atoms with Gasteiger partial charge < -0.3 is 15.5 Å². The molecule has 0 heterocycles. The maximum absolute atomic E-state index is 12.6. The summed E-state index contributed by atoms with van der Waals surface area (Å²) in [5, 5.41) is 25.6. The number of hydrogen-bond donors (Lipinski definition) is 4. The fourth-order valence-corrected chi connectivity index (χ4v) is 11.1. The summed E-state index contributed by atoms with van der Waals surface area (Å²) < 4.78 is 30.9. The zero-order chi connectivity index (χ0) is 28.3. The van der Waals surface area contributed by atoms with Crippen molar-refractivity contribution >= 4 is 16.0 Å². The number of fused-ring (bicyclic) bond motifs is 5. The van der Waals surface area contributed by atoms with E-state index in [9.17, 15) is 23.4 Å². The van der Waals surface area contributed by atoms with Crippen molar-refractivity contribution in [1.82, 2.24) is 5.32 Å². The second-order valence-electron chi connectivity index (χ2n) is 14.4. The van der Waals surface area contributed by atoms with Crippen LogP contribution in [0.3, 0.4) is 0 Å². The smallest absolute Gasteiger partial charge is 0.266 e. The number of aliphatic hydroxyl groups is 2. The molecular formula is C30H53NO6S. The molecule has 7 nitrogen and oxygen atoms in total. The minimum Gasteiger partial charge on any atom is -0.393 e. The zero-order valence-corrected chi connectivity index (χ0v) is 25.3. The normalized spacial score (nSPS) is 46.4. The summed E-state index contributed by atoms with van der Waals surface area (Å²) in [6.45, 7) is 13.3. The number of hydrogen-bond acceptors (Lipinski definition) is 5. The molecule has 0 bridgehead atoms. The van der Waals surface area contributed by atoms with Crippen molar-refractivity contribution < 1.29 is 28.0 Å². The molecule has 4 aliphatic carbocycles. The van der Waals surface area contributed by atoms with Gasteiger partial charge in [-0.1, -0.05) is 41.0 Å². The largest absolute Gasteiger partial charge is 0.393 e. The number of nitrogens with one attached hydrogen (secondary N) is 1. The Hall–Kier alpha value is -0.700. The van der Waals surface area contributed by atoms with Gasteiger partial charge in [-0.25, -0.2) is 0 Å². The highest BCUT2D eigenvalue weighted by atomic mass is 32.2. The number of carbonyl (C=O) groups is 1. The molecule has 4 rings (SSSR count). The van der Waals surface area contributed by atoms with Gasteiger partial charge in [0.25, 0.3) is 10.1 Å². The van der Waals surface area contributed by atoms with Gasteiger partial charge in [-0.05, 0) is 111 Å². The van der Waals surface area contributed by atoms with Gasteiger partial charge in [0.2, 0.25) is 5.91 Å². The molecule has 0 aromatic rings. The standard InChI is InChI=1S/C30H53NO6S/c1-7-21-25-17-20(32)10-12-29(25,5)24-11-13-28(4)22(8-9-23(28)26(24)30(21,6)34)18(2)16-19(3)27(33)31-14-15-38(35,36)37/h18-26,32,34H,7-17H2,1-6H3,(H,31,33)(H,35,36,37)/t18-,19-,20+,21+,22+,23?,24?,25-,26?,28+,29+,30-/m0/s1. The molecular weight excluding hydrogens is 502 g/mol. The topological polar surface area (TPSA) is 124 Å². The molecule has 0 saturated heterocycles. The number of rotatable bonds is 8. The Morgan fingerprint density at radius 1 is 1.00 bits per heavy atom. The predicted octanol–water partition coefficient (Wildman–Crippen LogP) is 4.67. The zero-order valence-electron chi connectivity index (χ0n) is 24.4. The third-order valence-corrected chi connectivity index (χ3v) is 13.2. The number of amides is 1. The molecule has 0 aromatic carbocycles. The van der Waals surface area contributed by atoms with Gasteiger partial charge in [0.05, 0.1) is 17.5 Å². The van der Waals surface area contributed by atoms with Crippen LogP contribution in [0, 0.1) is 58.2 Å². The van der Waals surface area contributed by atoms with Crippen molar-refractivity contribution in [3.63, 3.8) is 0 Å². The van der Waals surface area contributed by atoms with E-state index in [4.69, 9.17) is 4.55 Å². The Bertz CT molecular complexity index is 983. The van der Waals surface area contributed by atoms with E-state index in [1.54, 1.807) is 0 Å². The van der Waals surface area contributed by atoms with Crippen LogP contribution in [0.4, 0.5) is 0 Å². The average molecular weight is 556 g/mol. The molecule has 0 aromatic heterocycles. The molecule has 220 valence electrons. The van der Waals surface area contributed by atoms with E-state index >= 15 is 0 Å². The van der Waals surface area contributed by atoms with Crippen LogP contribution in [0.15, 0.2) is 0 Å². The Labute approximate surface area is 230 Å². The molecule has 38 heavy (non-hydrogen) atoms. The molecule has 3 unspecified atom stereocenters. The van der Waals surface area contributed by atoms with E-state index in [0.29, 0.717) is 29.6 Å². The van der Waals surface area contributed by atoms with Gasteiger partial charge >= 0.3 is 0 Å². The van der Waals surface area contributed by atoms with E-state index in [0.717, 1.165) is 57.8 Å². The second kappa shape index (κ2) is 10.6. The van der Waals surface area contributed by atoms with Crippen molar-refractivity contribution in [2.24, 2.45) is 58.2 Å². The Morgan fingerprint density at radius 2 is 1.63 bits per heavy atom. The maximum Gasteiger partial charge on any atom is 0.266 e. The first-order valence-electron chi connectivity index (χ1n) is 15.2. The molecule has 1 amide bonds. The lowest BCUT2D eigenvalue weighted by atomic mass is 9.38. The lowest BCUT2D eigenvalue weighted by Crippen LogP contribution is -2.66. The summed E-state index contributed by atoms with van der Waals surface area (Å²) in [5.74, 6) is 1.73. The Morgan fingerprint density at radius 3 is 2.26 bits per heavy atom. The highest BCUT2D eigenvalue weighted by molar-refractivity contribution is 7.85. The molecule has 0 spiro atoms. The molecule has 4 aliphatic rings. The minimum atomic E-state index is -4.09. The third-order valence-electron chi connectivity index (χ3n) is 12.5. The maximum atomic E-state index is 12.6. The van der Waals surface area contributed by atoms with Gasteiger partial charge in [0, 0.05) is 12.5 Å². The Kier molecular flexibility index (Phi) is 8.45. The Balaban J connectivity index is 1.51. The summed E-state index contributed by atoms with van der Waals surface area (Å²) in [6.07, 6.45) is 8.71. The molecule has 0 radical (unpaired) electrons. The van der Waals surface area contributed by atoms with Crippen molar-refractivity contribution in [3.8, 4) is 0 Å². The van der Waals surface area contributed by atoms with E-state index in [1.165, 1.54) is 0 Å². The lowest BCUT2D eigenvalue weighted by Gasteiger charge is -2.68. The first kappa shape index (κ1) is 30.3. The van der Waals surface area contributed by atoms with E-state index in [-0.39, 0.29) is 47.1 Å². The highest BCUT2D eigenvalue weighted by Crippen LogP contribution is 2.71. The van der Waals surface area contributed by atoms with Crippen LogP contribution in [0.1, 0.15) is 99.3 Å². The lowest BCUT2D eigenvalue weighted by molar-refractivity contribution is -0.245. The summed E-state index contributed by atoms with van der Waals surface area (Å²) in [7, 11) is -4.09. The molecule has 0 aliphatic heterocycles. The monoisotopic (exact) mass is 555 g/mol. The van der Waals surface area contributed by atoms with Crippen LogP contribution in [0.25, 0.3) is 0 Å². The quantitative estimate of drug-likeness (QED) is 0.323. The molecule has 4 N–H and O–H groups in total. The van der Waals surface area contributed by atoms with Crippen LogP contribution < -0.4 is 5.32 Å². The SMILES string of the molecule is CC[C@@H]1[C@@H]2C[C@H](O)CC[C@]2(C)C2CC[C@@]3(C)C(CC[C@@H]3[C@@H](C)C[C@H](C)C(=O)NCCS(=O)(=O)O)C2[C@@]1(C)O. The predicted molar refractivity (Wildman–Crippen MR) is 149 cm³/mol. The van der Waals surface area contributed by atoms with Crippen molar-refractivity contribution in [2.45, 2.75) is 111 Å². The van der Waals surface area contributed by atoms with Crippen LogP contribution in [0.5, 0.6) is 0 Å². The number of aliphatic hydroxyl groups excluding tert-OH is 1. The van der Waals surface area contributed by atoms with E-state index in [2.05, 4.69) is 39.9 Å². The minimum absolute atomic E-state index is 0.0762. The fraction of sp³-hybridized carbons (Fsp3) is 0.967. The summed E-state index contributed by atoms with van der Waals surface area (Å²) in [4.78, 5) is 12.6. The van der Waals surface area contributed by atoms with Gasteiger partial charge in [-0.15, -0.1) is 0 Å².